The van der Waals surface area contributed by atoms with Crippen LogP contribution in [0.5, 0.6) is 5.75 Å². The van der Waals surface area contributed by atoms with E-state index in [2.05, 4.69) is 20.3 Å². The normalized spacial score (nSPS) is 10.7. The summed E-state index contributed by atoms with van der Waals surface area (Å²) in [4.78, 5) is 27.0. The summed E-state index contributed by atoms with van der Waals surface area (Å²) in [5, 5.41) is 6.61. The number of aromatic nitrogens is 3. The monoisotopic (exact) mass is 462 g/mol. The summed E-state index contributed by atoms with van der Waals surface area (Å²) in [6.45, 7) is 6.25. The molecule has 0 aliphatic carbocycles. The highest BCUT2D eigenvalue weighted by Gasteiger charge is 2.09. The van der Waals surface area contributed by atoms with Crippen molar-refractivity contribution in [1.29, 1.82) is 0 Å². The van der Waals surface area contributed by atoms with Gasteiger partial charge in [0.1, 0.15) is 12.4 Å². The lowest BCUT2D eigenvalue weighted by Crippen LogP contribution is -2.12. The molecule has 4 aromatic rings. The third-order valence-corrected chi connectivity index (χ3v) is 6.13. The summed E-state index contributed by atoms with van der Waals surface area (Å²) in [6.07, 6.45) is 0. The van der Waals surface area contributed by atoms with Crippen LogP contribution in [0.3, 0.4) is 0 Å². The van der Waals surface area contributed by atoms with E-state index in [1.54, 1.807) is 29.5 Å². The maximum Gasteiger partial charge on any atom is 0.255 e. The molecule has 0 aliphatic rings. The molecule has 0 atom stereocenters. The van der Waals surface area contributed by atoms with Crippen molar-refractivity contribution in [2.24, 2.45) is 0 Å². The zero-order valence-electron chi connectivity index (χ0n) is 18.0. The number of carbonyl (C=O) groups excluding carboxylic acids is 1. The third kappa shape index (κ3) is 5.93. The lowest BCUT2D eigenvalue weighted by Gasteiger charge is -2.09. The molecular formula is C24H22N4O2S2. The van der Waals surface area contributed by atoms with Gasteiger partial charge in [-0.3, -0.25) is 4.79 Å². The second kappa shape index (κ2) is 9.93. The number of anilines is 1. The standard InChI is InChI=1S/C24H22N4O2S2/c1-15-11-16(2)26-24(25-15)32-22-9-7-19(8-10-22)28-23(29)18-5-4-6-21(12-18)30-13-20-14-31-17(3)27-20/h4-12,14H,13H2,1-3H3,(H,28,29). The van der Waals surface area contributed by atoms with Crippen LogP contribution >= 0.6 is 23.1 Å². The minimum Gasteiger partial charge on any atom is -0.487 e. The summed E-state index contributed by atoms with van der Waals surface area (Å²) in [5.74, 6) is 0.432. The SMILES string of the molecule is Cc1cc(C)nc(Sc2ccc(NC(=O)c3cccc(OCc4csc(C)n4)c3)cc2)n1. The van der Waals surface area contributed by atoms with Crippen molar-refractivity contribution < 1.29 is 9.53 Å². The van der Waals surface area contributed by atoms with Crippen molar-refractivity contribution in [3.63, 3.8) is 0 Å². The Labute approximate surface area is 195 Å². The second-order valence-corrected chi connectivity index (χ2v) is 9.29. The van der Waals surface area contributed by atoms with Crippen LogP contribution in [0.1, 0.15) is 32.4 Å². The fourth-order valence-corrected chi connectivity index (χ4v) is 4.47. The number of nitrogens with one attached hydrogen (secondary N) is 1. The smallest absolute Gasteiger partial charge is 0.255 e. The number of hydrogen-bond donors (Lipinski definition) is 1. The van der Waals surface area contributed by atoms with Gasteiger partial charge in [0.25, 0.3) is 5.91 Å². The zero-order chi connectivity index (χ0) is 22.5. The number of carbonyl (C=O) groups is 1. The van der Waals surface area contributed by atoms with Gasteiger partial charge < -0.3 is 10.1 Å². The average molecular weight is 463 g/mol. The molecule has 2 aromatic heterocycles. The molecule has 0 saturated heterocycles. The molecule has 0 aliphatic heterocycles. The second-order valence-electron chi connectivity index (χ2n) is 7.19. The van der Waals surface area contributed by atoms with Crippen LogP contribution in [-0.2, 0) is 6.61 Å². The van der Waals surface area contributed by atoms with E-state index in [-0.39, 0.29) is 5.91 Å². The van der Waals surface area contributed by atoms with Crippen LogP contribution in [0.4, 0.5) is 5.69 Å². The van der Waals surface area contributed by atoms with E-state index in [0.29, 0.717) is 28.8 Å². The molecule has 1 amide bonds. The van der Waals surface area contributed by atoms with Crippen molar-refractivity contribution in [3.05, 3.63) is 87.6 Å². The minimum absolute atomic E-state index is 0.196. The quantitative estimate of drug-likeness (QED) is 0.348. The Kier molecular flexibility index (Phi) is 6.82. The Morgan fingerprint density at radius 2 is 1.75 bits per heavy atom. The lowest BCUT2D eigenvalue weighted by molar-refractivity contribution is 0.102. The first-order valence-corrected chi connectivity index (χ1v) is 11.7. The van der Waals surface area contributed by atoms with Crippen LogP contribution in [0, 0.1) is 20.8 Å². The predicted octanol–water partition coefficient (Wildman–Crippen LogP) is 5.84. The van der Waals surface area contributed by atoms with Crippen LogP contribution in [0.25, 0.3) is 0 Å². The number of amides is 1. The van der Waals surface area contributed by atoms with Crippen LogP contribution < -0.4 is 10.1 Å². The summed E-state index contributed by atoms with van der Waals surface area (Å²) < 4.78 is 5.79. The van der Waals surface area contributed by atoms with Gasteiger partial charge in [0.15, 0.2) is 5.16 Å². The molecule has 0 unspecified atom stereocenters. The molecule has 0 spiro atoms. The van der Waals surface area contributed by atoms with E-state index in [9.17, 15) is 4.79 Å². The molecular weight excluding hydrogens is 440 g/mol. The maximum absolute atomic E-state index is 12.7. The summed E-state index contributed by atoms with van der Waals surface area (Å²) >= 11 is 3.08. The Balaban J connectivity index is 1.37. The predicted molar refractivity (Wildman–Crippen MR) is 128 cm³/mol. The summed E-state index contributed by atoms with van der Waals surface area (Å²) in [6, 6.07) is 16.7. The molecule has 0 fully saturated rings. The molecule has 1 N–H and O–H groups in total. The molecule has 0 bridgehead atoms. The van der Waals surface area contributed by atoms with Crippen molar-refractivity contribution in [1.82, 2.24) is 15.0 Å². The van der Waals surface area contributed by atoms with Crippen molar-refractivity contribution >= 4 is 34.7 Å². The molecule has 0 radical (unpaired) electrons. The Hall–Kier alpha value is -3.23. The van der Waals surface area contributed by atoms with Crippen molar-refractivity contribution in [3.8, 4) is 5.75 Å². The number of aryl methyl sites for hydroxylation is 3. The first-order valence-electron chi connectivity index (χ1n) is 10.00. The summed E-state index contributed by atoms with van der Waals surface area (Å²) in [7, 11) is 0. The average Bonchev–Trinajstić information content (AvgIpc) is 3.18. The molecule has 162 valence electrons. The minimum atomic E-state index is -0.196. The van der Waals surface area contributed by atoms with Gasteiger partial charge in [-0.2, -0.15) is 0 Å². The van der Waals surface area contributed by atoms with E-state index >= 15 is 0 Å². The van der Waals surface area contributed by atoms with Gasteiger partial charge >= 0.3 is 0 Å². The molecule has 8 heteroatoms. The number of rotatable bonds is 7. The molecule has 4 rings (SSSR count). The number of thiazole rings is 1. The highest BCUT2D eigenvalue weighted by molar-refractivity contribution is 7.99. The molecule has 6 nitrogen and oxygen atoms in total. The Morgan fingerprint density at radius 3 is 2.44 bits per heavy atom. The number of hydrogen-bond acceptors (Lipinski definition) is 7. The first kappa shape index (κ1) is 22.0. The lowest BCUT2D eigenvalue weighted by atomic mass is 10.2. The fourth-order valence-electron chi connectivity index (χ4n) is 3.01. The number of ether oxygens (including phenoxy) is 1. The largest absolute Gasteiger partial charge is 0.487 e. The molecule has 2 aromatic carbocycles. The van der Waals surface area contributed by atoms with Gasteiger partial charge in [-0.1, -0.05) is 6.07 Å². The topological polar surface area (TPSA) is 77.0 Å². The summed E-state index contributed by atoms with van der Waals surface area (Å²) in [5.41, 5.74) is 4.00. The van der Waals surface area contributed by atoms with Gasteiger partial charge in [0.05, 0.1) is 10.7 Å². The van der Waals surface area contributed by atoms with Gasteiger partial charge in [0, 0.05) is 32.9 Å². The Morgan fingerprint density at radius 1 is 1.00 bits per heavy atom. The Bertz CT molecular complexity index is 1220. The highest BCUT2D eigenvalue weighted by atomic mass is 32.2. The fraction of sp³-hybridized carbons (Fsp3) is 0.167. The van der Waals surface area contributed by atoms with E-state index in [1.807, 2.05) is 62.5 Å². The maximum atomic E-state index is 12.7. The molecule has 0 saturated carbocycles. The third-order valence-electron chi connectivity index (χ3n) is 4.43. The molecule has 32 heavy (non-hydrogen) atoms. The van der Waals surface area contributed by atoms with E-state index in [4.69, 9.17) is 4.74 Å². The van der Waals surface area contributed by atoms with Gasteiger partial charge in [-0.05, 0) is 81.1 Å². The molecule has 2 heterocycles. The van der Waals surface area contributed by atoms with Crippen LogP contribution in [0.2, 0.25) is 0 Å². The van der Waals surface area contributed by atoms with Gasteiger partial charge in [-0.15, -0.1) is 11.3 Å². The van der Waals surface area contributed by atoms with Gasteiger partial charge in [-0.25, -0.2) is 15.0 Å². The van der Waals surface area contributed by atoms with Crippen LogP contribution in [0.15, 0.2) is 70.0 Å². The highest BCUT2D eigenvalue weighted by Crippen LogP contribution is 2.26. The van der Waals surface area contributed by atoms with Crippen molar-refractivity contribution in [2.45, 2.75) is 37.4 Å². The van der Waals surface area contributed by atoms with E-state index in [0.717, 1.165) is 27.0 Å². The zero-order valence-corrected chi connectivity index (χ0v) is 19.6. The number of benzene rings is 2. The van der Waals surface area contributed by atoms with E-state index < -0.39 is 0 Å². The van der Waals surface area contributed by atoms with Crippen LogP contribution in [-0.4, -0.2) is 20.9 Å². The first-order chi connectivity index (χ1) is 15.4. The number of nitrogens with zero attached hydrogens (tertiary/aromatic N) is 3. The van der Waals surface area contributed by atoms with Gasteiger partial charge in [0.2, 0.25) is 0 Å². The van der Waals surface area contributed by atoms with Crippen molar-refractivity contribution in [2.75, 3.05) is 5.32 Å². The van der Waals surface area contributed by atoms with E-state index in [1.165, 1.54) is 11.8 Å².